The van der Waals surface area contributed by atoms with Crippen molar-refractivity contribution < 1.29 is 19.0 Å². The van der Waals surface area contributed by atoms with Gasteiger partial charge in [0.15, 0.2) is 11.4 Å². The maximum Gasteiger partial charge on any atom is 0.513 e. The number of rotatable bonds is 5. The van der Waals surface area contributed by atoms with Crippen molar-refractivity contribution in [2.24, 2.45) is 0 Å². The number of aryl methyl sites for hydroxylation is 2. The van der Waals surface area contributed by atoms with E-state index >= 15 is 0 Å². The number of hydrogen-bond donors (Lipinski definition) is 1. The third-order valence-corrected chi connectivity index (χ3v) is 3.37. The van der Waals surface area contributed by atoms with Crippen LogP contribution in [0.3, 0.4) is 0 Å². The van der Waals surface area contributed by atoms with Gasteiger partial charge in [0.25, 0.3) is 0 Å². The summed E-state index contributed by atoms with van der Waals surface area (Å²) in [6.07, 6.45) is 3.73. The number of nitrogens with zero attached hydrogens (tertiary/aromatic N) is 3. The number of aromatic amines is 1. The van der Waals surface area contributed by atoms with Crippen LogP contribution in [-0.4, -0.2) is 40.3 Å². The van der Waals surface area contributed by atoms with E-state index in [1.165, 1.54) is 13.3 Å². The molecule has 3 rings (SSSR count). The Kier molecular flexibility index (Phi) is 4.55. The molecule has 3 aromatic heterocycles. The lowest BCUT2D eigenvalue weighted by Crippen LogP contribution is -2.07. The zero-order valence-electron chi connectivity index (χ0n) is 13.3. The third-order valence-electron chi connectivity index (χ3n) is 3.37. The van der Waals surface area contributed by atoms with E-state index in [9.17, 15) is 4.79 Å². The van der Waals surface area contributed by atoms with Crippen LogP contribution >= 0.6 is 0 Å². The van der Waals surface area contributed by atoms with Gasteiger partial charge in [0.2, 0.25) is 0 Å². The van der Waals surface area contributed by atoms with E-state index in [-0.39, 0.29) is 0 Å². The molecule has 0 fully saturated rings. The van der Waals surface area contributed by atoms with Crippen LogP contribution in [0, 0.1) is 0 Å². The minimum Gasteiger partial charge on any atom is -0.497 e. The zero-order chi connectivity index (χ0) is 16.9. The molecule has 0 radical (unpaired) electrons. The molecule has 0 aliphatic heterocycles. The second-order valence-corrected chi connectivity index (χ2v) is 4.97. The Hall–Kier alpha value is -3.16. The first-order valence-electron chi connectivity index (χ1n) is 7.27. The maximum absolute atomic E-state index is 11.1. The smallest absolute Gasteiger partial charge is 0.497 e. The molecular formula is C16H16N4O4. The van der Waals surface area contributed by atoms with Crippen molar-refractivity contribution in [2.75, 3.05) is 14.2 Å². The first-order valence-corrected chi connectivity index (χ1v) is 7.27. The SMILES string of the molecule is COC(=O)Oc1cnc2nc(CCc3cc(OC)ccn3)[nH]c2c1. The molecule has 0 aliphatic rings. The topological polar surface area (TPSA) is 99.2 Å². The second-order valence-electron chi connectivity index (χ2n) is 4.97. The van der Waals surface area contributed by atoms with Gasteiger partial charge in [0, 0.05) is 30.4 Å². The lowest BCUT2D eigenvalue weighted by atomic mass is 10.2. The molecule has 0 saturated heterocycles. The van der Waals surface area contributed by atoms with E-state index in [4.69, 9.17) is 9.47 Å². The van der Waals surface area contributed by atoms with E-state index in [1.807, 2.05) is 6.07 Å². The zero-order valence-corrected chi connectivity index (χ0v) is 13.3. The highest BCUT2D eigenvalue weighted by Crippen LogP contribution is 2.18. The standard InChI is InChI=1S/C16H16N4O4/c1-22-11-5-6-17-10(7-11)3-4-14-19-13-8-12(24-16(21)23-2)9-18-15(13)20-14/h5-9H,3-4H2,1-2H3,(H,18,19,20). The van der Waals surface area contributed by atoms with E-state index in [0.717, 1.165) is 17.3 Å². The van der Waals surface area contributed by atoms with Crippen LogP contribution in [0.2, 0.25) is 0 Å². The van der Waals surface area contributed by atoms with Gasteiger partial charge in [-0.05, 0) is 12.5 Å². The van der Waals surface area contributed by atoms with Gasteiger partial charge >= 0.3 is 6.16 Å². The van der Waals surface area contributed by atoms with Crippen LogP contribution in [-0.2, 0) is 17.6 Å². The molecule has 1 N–H and O–H groups in total. The fraction of sp³-hybridized carbons (Fsp3) is 0.250. The van der Waals surface area contributed by atoms with Gasteiger partial charge in [-0.2, -0.15) is 0 Å². The number of imidazole rings is 1. The van der Waals surface area contributed by atoms with E-state index in [1.54, 1.807) is 25.4 Å². The first-order chi connectivity index (χ1) is 11.7. The Morgan fingerprint density at radius 3 is 2.83 bits per heavy atom. The van der Waals surface area contributed by atoms with Crippen molar-refractivity contribution >= 4 is 17.3 Å². The monoisotopic (exact) mass is 328 g/mol. The van der Waals surface area contributed by atoms with Gasteiger partial charge in [-0.15, -0.1) is 0 Å². The fourth-order valence-electron chi connectivity index (χ4n) is 2.21. The van der Waals surface area contributed by atoms with Crippen molar-refractivity contribution in [1.29, 1.82) is 0 Å². The predicted molar refractivity (Wildman–Crippen MR) is 85.1 cm³/mol. The summed E-state index contributed by atoms with van der Waals surface area (Å²) < 4.78 is 14.6. The van der Waals surface area contributed by atoms with E-state index in [0.29, 0.717) is 29.8 Å². The minimum absolute atomic E-state index is 0.291. The van der Waals surface area contributed by atoms with Crippen molar-refractivity contribution in [2.45, 2.75) is 12.8 Å². The molecule has 8 nitrogen and oxygen atoms in total. The molecule has 0 saturated carbocycles. The highest BCUT2D eigenvalue weighted by atomic mass is 16.7. The molecule has 0 aromatic carbocycles. The van der Waals surface area contributed by atoms with Gasteiger partial charge in [-0.25, -0.2) is 14.8 Å². The molecule has 0 spiro atoms. The predicted octanol–water partition coefficient (Wildman–Crippen LogP) is 2.29. The summed E-state index contributed by atoms with van der Waals surface area (Å²) in [6, 6.07) is 5.35. The van der Waals surface area contributed by atoms with Gasteiger partial charge in [-0.3, -0.25) is 4.98 Å². The Balaban J connectivity index is 1.72. The third kappa shape index (κ3) is 3.60. The van der Waals surface area contributed by atoms with Crippen LogP contribution < -0.4 is 9.47 Å². The lowest BCUT2D eigenvalue weighted by Gasteiger charge is -2.02. The van der Waals surface area contributed by atoms with Gasteiger partial charge in [-0.1, -0.05) is 0 Å². The van der Waals surface area contributed by atoms with Crippen molar-refractivity contribution in [3.8, 4) is 11.5 Å². The number of pyridine rings is 2. The number of aromatic nitrogens is 4. The second kappa shape index (κ2) is 6.95. The Bertz CT molecular complexity index is 862. The molecule has 0 bridgehead atoms. The van der Waals surface area contributed by atoms with Gasteiger partial charge in [0.1, 0.15) is 11.6 Å². The van der Waals surface area contributed by atoms with Gasteiger partial charge < -0.3 is 19.2 Å². The lowest BCUT2D eigenvalue weighted by molar-refractivity contribution is 0.121. The quantitative estimate of drug-likeness (QED) is 0.717. The van der Waals surface area contributed by atoms with Crippen molar-refractivity contribution in [1.82, 2.24) is 19.9 Å². The van der Waals surface area contributed by atoms with Crippen LogP contribution in [0.15, 0.2) is 30.6 Å². The highest BCUT2D eigenvalue weighted by Gasteiger charge is 2.09. The summed E-state index contributed by atoms with van der Waals surface area (Å²) in [5.74, 6) is 1.84. The van der Waals surface area contributed by atoms with E-state index in [2.05, 4.69) is 24.7 Å². The summed E-state index contributed by atoms with van der Waals surface area (Å²) in [5.41, 5.74) is 2.16. The Labute approximate surface area is 137 Å². The molecule has 8 heteroatoms. The number of ether oxygens (including phenoxy) is 3. The maximum atomic E-state index is 11.1. The summed E-state index contributed by atoms with van der Waals surface area (Å²) in [4.78, 5) is 27.2. The molecule has 0 unspecified atom stereocenters. The Morgan fingerprint density at radius 2 is 2.04 bits per heavy atom. The molecule has 124 valence electrons. The number of carbonyl (C=O) groups excluding carboxylic acids is 1. The molecular weight excluding hydrogens is 312 g/mol. The number of hydrogen-bond acceptors (Lipinski definition) is 7. The number of methoxy groups -OCH3 is 2. The molecule has 3 aromatic rings. The molecule has 3 heterocycles. The van der Waals surface area contributed by atoms with Crippen molar-refractivity contribution in [3.63, 3.8) is 0 Å². The van der Waals surface area contributed by atoms with Crippen molar-refractivity contribution in [3.05, 3.63) is 42.1 Å². The first kappa shape index (κ1) is 15.7. The summed E-state index contributed by atoms with van der Waals surface area (Å²) in [7, 11) is 2.87. The van der Waals surface area contributed by atoms with Crippen LogP contribution in [0.4, 0.5) is 4.79 Å². The molecule has 0 atom stereocenters. The van der Waals surface area contributed by atoms with E-state index < -0.39 is 6.16 Å². The Morgan fingerprint density at radius 1 is 1.17 bits per heavy atom. The molecule has 0 amide bonds. The fourth-order valence-corrected chi connectivity index (χ4v) is 2.21. The highest BCUT2D eigenvalue weighted by molar-refractivity contribution is 5.73. The number of carbonyl (C=O) groups is 1. The summed E-state index contributed by atoms with van der Waals surface area (Å²) in [6.45, 7) is 0. The largest absolute Gasteiger partial charge is 0.513 e. The minimum atomic E-state index is -0.792. The average Bonchev–Trinajstić information content (AvgIpc) is 3.02. The number of fused-ring (bicyclic) bond motifs is 1. The number of nitrogens with one attached hydrogen (secondary N) is 1. The average molecular weight is 328 g/mol. The van der Waals surface area contributed by atoms with Crippen LogP contribution in [0.25, 0.3) is 11.2 Å². The molecule has 0 aliphatic carbocycles. The van der Waals surface area contributed by atoms with Gasteiger partial charge in [0.05, 0.1) is 25.9 Å². The normalized spacial score (nSPS) is 10.6. The summed E-state index contributed by atoms with van der Waals surface area (Å²) in [5, 5.41) is 0. The van der Waals surface area contributed by atoms with Crippen LogP contribution in [0.1, 0.15) is 11.5 Å². The molecule has 24 heavy (non-hydrogen) atoms. The van der Waals surface area contributed by atoms with Crippen LogP contribution in [0.5, 0.6) is 11.5 Å². The number of H-pyrrole nitrogens is 1. The summed E-state index contributed by atoms with van der Waals surface area (Å²) >= 11 is 0.